The van der Waals surface area contributed by atoms with Crippen LogP contribution in [0.5, 0.6) is 5.75 Å². The van der Waals surface area contributed by atoms with E-state index < -0.39 is 5.91 Å². The molecule has 0 aliphatic carbocycles. The number of aliphatic hydroxyl groups is 1. The summed E-state index contributed by atoms with van der Waals surface area (Å²) in [6, 6.07) is 5.53. The Hall–Kier alpha value is -1.55. The predicted octanol–water partition coefficient (Wildman–Crippen LogP) is 0.988. The number of hydrogen-bond acceptors (Lipinski definition) is 3. The van der Waals surface area contributed by atoms with Crippen LogP contribution in [-0.4, -0.2) is 17.6 Å². The van der Waals surface area contributed by atoms with Crippen molar-refractivity contribution >= 4 is 5.91 Å². The normalized spacial score (nSPS) is 12.2. The van der Waals surface area contributed by atoms with Crippen LogP contribution in [0.3, 0.4) is 0 Å². The Morgan fingerprint density at radius 3 is 2.81 bits per heavy atom. The fourth-order valence-electron chi connectivity index (χ4n) is 1.27. The van der Waals surface area contributed by atoms with Gasteiger partial charge in [-0.05, 0) is 13.0 Å². The van der Waals surface area contributed by atoms with Crippen molar-refractivity contribution in [2.45, 2.75) is 20.5 Å². The Morgan fingerprint density at radius 1 is 1.56 bits per heavy atom. The van der Waals surface area contributed by atoms with Gasteiger partial charge in [-0.15, -0.1) is 0 Å². The van der Waals surface area contributed by atoms with E-state index >= 15 is 0 Å². The van der Waals surface area contributed by atoms with Gasteiger partial charge in [0.25, 0.3) is 0 Å². The van der Waals surface area contributed by atoms with Crippen LogP contribution >= 0.6 is 0 Å². The molecule has 0 fully saturated rings. The average molecular weight is 223 g/mol. The van der Waals surface area contributed by atoms with Crippen molar-refractivity contribution in [2.75, 3.05) is 6.61 Å². The minimum Gasteiger partial charge on any atom is -0.492 e. The fraction of sp³-hybridized carbons (Fsp3) is 0.417. The van der Waals surface area contributed by atoms with E-state index in [4.69, 9.17) is 15.6 Å². The second kappa shape index (κ2) is 5.51. The standard InChI is InChI=1S/C12H17NO3/c1-8-3-4-11(10(5-8)6-14)16-7-9(2)12(13)15/h3-5,9,14H,6-7H2,1-2H3,(H2,13,15). The number of nitrogens with two attached hydrogens (primary N) is 1. The predicted molar refractivity (Wildman–Crippen MR) is 61.0 cm³/mol. The number of ether oxygens (including phenoxy) is 1. The van der Waals surface area contributed by atoms with Crippen LogP contribution in [0.1, 0.15) is 18.1 Å². The van der Waals surface area contributed by atoms with Crippen molar-refractivity contribution in [3.63, 3.8) is 0 Å². The van der Waals surface area contributed by atoms with Crippen molar-refractivity contribution in [3.8, 4) is 5.75 Å². The summed E-state index contributed by atoms with van der Waals surface area (Å²) in [5.74, 6) is -0.133. The van der Waals surface area contributed by atoms with E-state index in [1.807, 2.05) is 19.1 Å². The van der Waals surface area contributed by atoms with Crippen molar-refractivity contribution in [2.24, 2.45) is 11.7 Å². The summed E-state index contributed by atoms with van der Waals surface area (Å²) < 4.78 is 5.45. The third kappa shape index (κ3) is 3.24. The van der Waals surface area contributed by atoms with E-state index in [1.54, 1.807) is 13.0 Å². The average Bonchev–Trinajstić information content (AvgIpc) is 2.26. The maximum absolute atomic E-state index is 10.8. The summed E-state index contributed by atoms with van der Waals surface area (Å²) in [6.45, 7) is 3.79. The van der Waals surface area contributed by atoms with E-state index in [2.05, 4.69) is 0 Å². The molecule has 3 N–H and O–H groups in total. The molecule has 1 unspecified atom stereocenters. The summed E-state index contributed by atoms with van der Waals surface area (Å²) in [5.41, 5.74) is 6.90. The van der Waals surface area contributed by atoms with Crippen molar-refractivity contribution < 1.29 is 14.6 Å². The summed E-state index contributed by atoms with van der Waals surface area (Å²) >= 11 is 0. The number of carbonyl (C=O) groups excluding carboxylic acids is 1. The molecule has 0 aliphatic rings. The Labute approximate surface area is 95.0 Å². The molecule has 0 aliphatic heterocycles. The van der Waals surface area contributed by atoms with Crippen molar-refractivity contribution in [1.29, 1.82) is 0 Å². The fourth-order valence-corrected chi connectivity index (χ4v) is 1.27. The molecule has 0 aromatic heterocycles. The highest BCUT2D eigenvalue weighted by Crippen LogP contribution is 2.20. The number of aryl methyl sites for hydroxylation is 1. The van der Waals surface area contributed by atoms with Gasteiger partial charge in [0.15, 0.2) is 0 Å². The zero-order valence-corrected chi connectivity index (χ0v) is 9.56. The smallest absolute Gasteiger partial charge is 0.223 e. The Morgan fingerprint density at radius 2 is 2.25 bits per heavy atom. The van der Waals surface area contributed by atoms with Gasteiger partial charge < -0.3 is 15.6 Å². The largest absolute Gasteiger partial charge is 0.492 e. The summed E-state index contributed by atoms with van der Waals surface area (Å²) in [5, 5.41) is 9.15. The van der Waals surface area contributed by atoms with Gasteiger partial charge in [0, 0.05) is 5.56 Å². The van der Waals surface area contributed by atoms with E-state index in [1.165, 1.54) is 0 Å². The second-order valence-corrected chi connectivity index (χ2v) is 3.88. The van der Waals surface area contributed by atoms with Crippen LogP contribution in [0.25, 0.3) is 0 Å². The first-order valence-corrected chi connectivity index (χ1v) is 5.17. The number of carbonyl (C=O) groups is 1. The van der Waals surface area contributed by atoms with Crippen molar-refractivity contribution in [1.82, 2.24) is 0 Å². The minimum atomic E-state index is -0.391. The zero-order chi connectivity index (χ0) is 12.1. The molecule has 0 radical (unpaired) electrons. The lowest BCUT2D eigenvalue weighted by Crippen LogP contribution is -2.26. The molecule has 0 spiro atoms. The Kier molecular flexibility index (Phi) is 4.31. The maximum atomic E-state index is 10.8. The van der Waals surface area contributed by atoms with Gasteiger partial charge in [-0.2, -0.15) is 0 Å². The summed E-state index contributed by atoms with van der Waals surface area (Å²) in [6.07, 6.45) is 0. The summed E-state index contributed by atoms with van der Waals surface area (Å²) in [7, 11) is 0. The molecule has 0 heterocycles. The van der Waals surface area contributed by atoms with Crippen LogP contribution in [0.15, 0.2) is 18.2 Å². The molecule has 88 valence electrons. The van der Waals surface area contributed by atoms with Crippen LogP contribution in [0.4, 0.5) is 0 Å². The van der Waals surface area contributed by atoms with E-state index in [0.717, 1.165) is 11.1 Å². The lowest BCUT2D eigenvalue weighted by atomic mass is 10.1. The first kappa shape index (κ1) is 12.5. The molecule has 0 bridgehead atoms. The lowest BCUT2D eigenvalue weighted by molar-refractivity contribution is -0.122. The molecule has 0 saturated heterocycles. The highest BCUT2D eigenvalue weighted by atomic mass is 16.5. The number of benzene rings is 1. The van der Waals surface area contributed by atoms with Gasteiger partial charge in [0.05, 0.1) is 19.1 Å². The molecule has 1 atom stereocenters. The Bertz CT molecular complexity index is 377. The molecule has 1 rings (SSSR count). The van der Waals surface area contributed by atoms with E-state index in [9.17, 15) is 4.79 Å². The Balaban J connectivity index is 2.70. The highest BCUT2D eigenvalue weighted by molar-refractivity contribution is 5.76. The van der Waals surface area contributed by atoms with E-state index in [-0.39, 0.29) is 19.1 Å². The SMILES string of the molecule is Cc1ccc(OCC(C)C(N)=O)c(CO)c1. The number of aliphatic hydroxyl groups excluding tert-OH is 1. The number of amides is 1. The van der Waals surface area contributed by atoms with Gasteiger partial charge in [0.2, 0.25) is 5.91 Å². The maximum Gasteiger partial charge on any atom is 0.223 e. The van der Waals surface area contributed by atoms with E-state index in [0.29, 0.717) is 5.75 Å². The van der Waals surface area contributed by atoms with Crippen molar-refractivity contribution in [3.05, 3.63) is 29.3 Å². The third-order valence-electron chi connectivity index (χ3n) is 2.36. The van der Waals surface area contributed by atoms with Crippen LogP contribution in [-0.2, 0) is 11.4 Å². The molecular formula is C12H17NO3. The molecule has 16 heavy (non-hydrogen) atoms. The second-order valence-electron chi connectivity index (χ2n) is 3.88. The zero-order valence-electron chi connectivity index (χ0n) is 9.56. The highest BCUT2D eigenvalue weighted by Gasteiger charge is 2.10. The van der Waals surface area contributed by atoms with Crippen LogP contribution in [0.2, 0.25) is 0 Å². The quantitative estimate of drug-likeness (QED) is 0.781. The molecule has 1 aromatic carbocycles. The van der Waals surface area contributed by atoms with Crippen LogP contribution in [0, 0.1) is 12.8 Å². The lowest BCUT2D eigenvalue weighted by Gasteiger charge is -2.13. The molecular weight excluding hydrogens is 206 g/mol. The third-order valence-corrected chi connectivity index (χ3v) is 2.36. The number of hydrogen-bond donors (Lipinski definition) is 2. The minimum absolute atomic E-state index is 0.0814. The number of primary amides is 1. The summed E-state index contributed by atoms with van der Waals surface area (Å²) in [4.78, 5) is 10.8. The molecule has 1 amide bonds. The monoisotopic (exact) mass is 223 g/mol. The molecule has 4 nitrogen and oxygen atoms in total. The molecule has 1 aromatic rings. The van der Waals surface area contributed by atoms with Gasteiger partial charge >= 0.3 is 0 Å². The van der Waals surface area contributed by atoms with Crippen LogP contribution < -0.4 is 10.5 Å². The van der Waals surface area contributed by atoms with Gasteiger partial charge in [0.1, 0.15) is 5.75 Å². The first-order chi connectivity index (χ1) is 7.54. The molecule has 0 saturated carbocycles. The van der Waals surface area contributed by atoms with Gasteiger partial charge in [-0.1, -0.05) is 24.6 Å². The first-order valence-electron chi connectivity index (χ1n) is 5.17. The molecule has 4 heteroatoms. The van der Waals surface area contributed by atoms with Gasteiger partial charge in [-0.3, -0.25) is 4.79 Å². The topological polar surface area (TPSA) is 72.5 Å². The van der Waals surface area contributed by atoms with Gasteiger partial charge in [-0.25, -0.2) is 0 Å². The number of rotatable bonds is 5.